The van der Waals surface area contributed by atoms with Crippen molar-refractivity contribution in [3.8, 4) is 0 Å². The predicted octanol–water partition coefficient (Wildman–Crippen LogP) is 3.94. The molecule has 154 valence electrons. The number of esters is 1. The van der Waals surface area contributed by atoms with Crippen molar-refractivity contribution in [2.75, 3.05) is 13.7 Å². The average Bonchev–Trinajstić information content (AvgIpc) is 2.73. The van der Waals surface area contributed by atoms with Gasteiger partial charge in [0.25, 0.3) is 5.69 Å². The molecule has 1 unspecified atom stereocenters. The van der Waals surface area contributed by atoms with E-state index in [9.17, 15) is 14.9 Å². The lowest BCUT2D eigenvalue weighted by atomic mass is 9.90. The molecule has 1 aliphatic heterocycles. The molecule has 7 nitrogen and oxygen atoms in total. The van der Waals surface area contributed by atoms with Crippen LogP contribution in [-0.2, 0) is 20.8 Å². The van der Waals surface area contributed by atoms with Crippen LogP contribution in [-0.4, -0.2) is 35.6 Å². The summed E-state index contributed by atoms with van der Waals surface area (Å²) in [4.78, 5) is 25.1. The van der Waals surface area contributed by atoms with Gasteiger partial charge in [0.05, 0.1) is 24.1 Å². The molecule has 0 bridgehead atoms. The summed E-state index contributed by atoms with van der Waals surface area (Å²) in [5.74, 6) is -0.583. The fourth-order valence-corrected chi connectivity index (χ4v) is 3.78. The van der Waals surface area contributed by atoms with Crippen LogP contribution in [0.15, 0.2) is 54.6 Å². The van der Waals surface area contributed by atoms with Crippen LogP contribution >= 0.6 is 0 Å². The number of rotatable bonds is 6. The molecule has 7 heteroatoms. The molecule has 1 saturated heterocycles. The van der Waals surface area contributed by atoms with Crippen molar-refractivity contribution in [1.82, 2.24) is 4.90 Å². The SMILES string of the molecule is COC(=O)[C@H]1CN(Cc2ccccc2)C(c2ccc([N+](=O)[O-])cc2)O[C@@H]1C(C)C. The van der Waals surface area contributed by atoms with Gasteiger partial charge in [-0.3, -0.25) is 19.8 Å². The quantitative estimate of drug-likeness (QED) is 0.416. The van der Waals surface area contributed by atoms with Crippen molar-refractivity contribution in [1.29, 1.82) is 0 Å². The second kappa shape index (κ2) is 9.15. The molecule has 1 aliphatic rings. The van der Waals surface area contributed by atoms with Gasteiger partial charge in [-0.25, -0.2) is 0 Å². The summed E-state index contributed by atoms with van der Waals surface area (Å²) < 4.78 is 11.4. The van der Waals surface area contributed by atoms with Gasteiger partial charge in [0.2, 0.25) is 0 Å². The molecule has 0 aliphatic carbocycles. The molecule has 0 N–H and O–H groups in total. The minimum Gasteiger partial charge on any atom is -0.469 e. The molecule has 3 rings (SSSR count). The second-order valence-corrected chi connectivity index (χ2v) is 7.59. The van der Waals surface area contributed by atoms with Gasteiger partial charge >= 0.3 is 5.97 Å². The second-order valence-electron chi connectivity index (χ2n) is 7.59. The van der Waals surface area contributed by atoms with E-state index in [4.69, 9.17) is 9.47 Å². The van der Waals surface area contributed by atoms with Crippen molar-refractivity contribution in [2.24, 2.45) is 11.8 Å². The molecular formula is C22H26N2O5. The molecule has 0 saturated carbocycles. The third-order valence-corrected chi connectivity index (χ3v) is 5.22. The number of non-ortho nitro benzene ring substituents is 1. The summed E-state index contributed by atoms with van der Waals surface area (Å²) in [6, 6.07) is 16.3. The lowest BCUT2D eigenvalue weighted by Crippen LogP contribution is -2.51. The first kappa shape index (κ1) is 21.0. The molecular weight excluding hydrogens is 372 g/mol. The van der Waals surface area contributed by atoms with E-state index in [2.05, 4.69) is 4.90 Å². The lowest BCUT2D eigenvalue weighted by Gasteiger charge is -2.44. The number of carbonyl (C=O) groups is 1. The van der Waals surface area contributed by atoms with Gasteiger partial charge in [0.15, 0.2) is 0 Å². The number of hydrogen-bond donors (Lipinski definition) is 0. The molecule has 0 radical (unpaired) electrons. The third kappa shape index (κ3) is 4.81. The number of hydrogen-bond acceptors (Lipinski definition) is 6. The highest BCUT2D eigenvalue weighted by molar-refractivity contribution is 5.73. The number of carbonyl (C=O) groups excluding carboxylic acids is 1. The van der Waals surface area contributed by atoms with Crippen LogP contribution in [0.1, 0.15) is 31.2 Å². The summed E-state index contributed by atoms with van der Waals surface area (Å²) in [7, 11) is 1.39. The summed E-state index contributed by atoms with van der Waals surface area (Å²) >= 11 is 0. The van der Waals surface area contributed by atoms with Gasteiger partial charge in [-0.05, 0) is 29.2 Å². The summed E-state index contributed by atoms with van der Waals surface area (Å²) in [5, 5.41) is 11.0. The van der Waals surface area contributed by atoms with Crippen LogP contribution in [0.2, 0.25) is 0 Å². The minimum absolute atomic E-state index is 0.0343. The van der Waals surface area contributed by atoms with Crippen LogP contribution in [0.3, 0.4) is 0 Å². The average molecular weight is 398 g/mol. The normalized spacial score (nSPS) is 22.4. The third-order valence-electron chi connectivity index (χ3n) is 5.22. The lowest BCUT2D eigenvalue weighted by molar-refractivity contribution is -0.384. The Morgan fingerprint density at radius 2 is 1.86 bits per heavy atom. The zero-order valence-electron chi connectivity index (χ0n) is 16.9. The Morgan fingerprint density at radius 1 is 1.21 bits per heavy atom. The number of nitrogens with zero attached hydrogens (tertiary/aromatic N) is 2. The molecule has 0 amide bonds. The Bertz CT molecular complexity index is 838. The van der Waals surface area contributed by atoms with E-state index >= 15 is 0 Å². The fourth-order valence-electron chi connectivity index (χ4n) is 3.78. The maximum absolute atomic E-state index is 12.4. The Morgan fingerprint density at radius 3 is 2.41 bits per heavy atom. The highest BCUT2D eigenvalue weighted by Gasteiger charge is 2.42. The molecule has 2 aromatic rings. The number of nitro groups is 1. The van der Waals surface area contributed by atoms with Crippen LogP contribution in [0.25, 0.3) is 0 Å². The van der Waals surface area contributed by atoms with E-state index in [1.165, 1.54) is 19.2 Å². The molecule has 3 atom stereocenters. The number of methoxy groups -OCH3 is 1. The van der Waals surface area contributed by atoms with Crippen molar-refractivity contribution < 1.29 is 19.2 Å². The van der Waals surface area contributed by atoms with Crippen molar-refractivity contribution in [2.45, 2.75) is 32.7 Å². The molecule has 1 heterocycles. The van der Waals surface area contributed by atoms with Crippen LogP contribution in [0, 0.1) is 22.0 Å². The smallest absolute Gasteiger partial charge is 0.312 e. The predicted molar refractivity (Wildman–Crippen MR) is 108 cm³/mol. The first-order valence-electron chi connectivity index (χ1n) is 9.66. The number of nitro benzene ring substituents is 1. The standard InChI is InChI=1S/C22H26N2O5/c1-15(2)20-19(22(25)28-3)14-23(13-16-7-5-4-6-8-16)21(29-20)17-9-11-18(12-10-17)24(26)27/h4-12,15,19-21H,13-14H2,1-3H3/t19-,20+,21?/m0/s1. The maximum atomic E-state index is 12.4. The highest BCUT2D eigenvalue weighted by Crippen LogP contribution is 2.37. The number of ether oxygens (including phenoxy) is 2. The van der Waals surface area contributed by atoms with E-state index in [-0.39, 0.29) is 23.7 Å². The van der Waals surface area contributed by atoms with Gasteiger partial charge < -0.3 is 9.47 Å². The summed E-state index contributed by atoms with van der Waals surface area (Å²) in [5.41, 5.74) is 1.95. The van der Waals surface area contributed by atoms with Crippen molar-refractivity contribution >= 4 is 11.7 Å². The Balaban J connectivity index is 1.94. The molecule has 0 spiro atoms. The van der Waals surface area contributed by atoms with Gasteiger partial charge in [-0.2, -0.15) is 0 Å². The van der Waals surface area contributed by atoms with Crippen molar-refractivity contribution in [3.63, 3.8) is 0 Å². The van der Waals surface area contributed by atoms with Gasteiger partial charge in [0.1, 0.15) is 6.23 Å². The van der Waals surface area contributed by atoms with E-state index in [1.807, 2.05) is 44.2 Å². The van der Waals surface area contributed by atoms with E-state index in [0.29, 0.717) is 13.1 Å². The Kier molecular flexibility index (Phi) is 6.61. The topological polar surface area (TPSA) is 81.9 Å². The fraction of sp³-hybridized carbons (Fsp3) is 0.409. The zero-order valence-corrected chi connectivity index (χ0v) is 16.9. The highest BCUT2D eigenvalue weighted by atomic mass is 16.6. The van der Waals surface area contributed by atoms with E-state index in [1.54, 1.807) is 12.1 Å². The summed E-state index contributed by atoms with van der Waals surface area (Å²) in [6.07, 6.45) is -0.723. The first-order valence-corrected chi connectivity index (χ1v) is 9.66. The Labute approximate surface area is 170 Å². The zero-order chi connectivity index (χ0) is 21.0. The van der Waals surface area contributed by atoms with Crippen LogP contribution in [0.4, 0.5) is 5.69 Å². The molecule has 2 aromatic carbocycles. The van der Waals surface area contributed by atoms with Gasteiger partial charge in [0, 0.05) is 25.2 Å². The minimum atomic E-state index is -0.419. The number of benzene rings is 2. The van der Waals surface area contributed by atoms with E-state index < -0.39 is 17.1 Å². The summed E-state index contributed by atoms with van der Waals surface area (Å²) in [6.45, 7) is 5.09. The van der Waals surface area contributed by atoms with Crippen LogP contribution < -0.4 is 0 Å². The Hall–Kier alpha value is -2.77. The molecule has 29 heavy (non-hydrogen) atoms. The molecule has 1 fully saturated rings. The van der Waals surface area contributed by atoms with Crippen molar-refractivity contribution in [3.05, 3.63) is 75.8 Å². The van der Waals surface area contributed by atoms with E-state index in [0.717, 1.165) is 11.1 Å². The van der Waals surface area contributed by atoms with Gasteiger partial charge in [-0.1, -0.05) is 44.2 Å². The largest absolute Gasteiger partial charge is 0.469 e. The van der Waals surface area contributed by atoms with Crippen LogP contribution in [0.5, 0.6) is 0 Å². The maximum Gasteiger partial charge on any atom is 0.312 e. The first-order chi connectivity index (χ1) is 13.9. The monoisotopic (exact) mass is 398 g/mol. The molecule has 0 aromatic heterocycles. The van der Waals surface area contributed by atoms with Gasteiger partial charge in [-0.15, -0.1) is 0 Å².